The van der Waals surface area contributed by atoms with E-state index in [1.807, 2.05) is 13.0 Å². The molecule has 1 saturated heterocycles. The summed E-state index contributed by atoms with van der Waals surface area (Å²) in [4.78, 5) is 25.6. The number of amides is 2. The molecule has 23 heavy (non-hydrogen) atoms. The maximum Gasteiger partial charge on any atom is 0.289 e. The second-order valence-corrected chi connectivity index (χ2v) is 6.74. The van der Waals surface area contributed by atoms with E-state index in [4.69, 9.17) is 22.8 Å². The Morgan fingerprint density at radius 2 is 2.22 bits per heavy atom. The Hall–Kier alpha value is -1.64. The van der Waals surface area contributed by atoms with Crippen LogP contribution in [0.5, 0.6) is 5.75 Å². The quantitative estimate of drug-likeness (QED) is 0.702. The molecular formula is C17H18ClNO3S. The summed E-state index contributed by atoms with van der Waals surface area (Å²) >= 11 is 7.24. The molecule has 1 aliphatic rings. The van der Waals surface area contributed by atoms with Crippen molar-refractivity contribution in [1.82, 2.24) is 4.90 Å². The van der Waals surface area contributed by atoms with Gasteiger partial charge in [-0.25, -0.2) is 0 Å². The van der Waals surface area contributed by atoms with E-state index in [1.165, 1.54) is 4.90 Å². The summed E-state index contributed by atoms with van der Waals surface area (Å²) in [5.41, 5.74) is 0.888. The lowest BCUT2D eigenvalue weighted by Crippen LogP contribution is -2.33. The molecular weight excluding hydrogens is 334 g/mol. The van der Waals surface area contributed by atoms with Crippen LogP contribution in [0.2, 0.25) is 5.02 Å². The third kappa shape index (κ3) is 4.43. The van der Waals surface area contributed by atoms with Gasteiger partial charge >= 0.3 is 0 Å². The highest BCUT2D eigenvalue weighted by atomic mass is 35.5. The van der Waals surface area contributed by atoms with E-state index >= 15 is 0 Å². The van der Waals surface area contributed by atoms with Gasteiger partial charge in [-0.05, 0) is 30.5 Å². The molecule has 2 amide bonds. The first kappa shape index (κ1) is 17.7. The number of carbonyl (C=O) groups excluding carboxylic acids is 2. The summed E-state index contributed by atoms with van der Waals surface area (Å²) < 4.78 is 5.31. The molecule has 6 heteroatoms. The summed E-state index contributed by atoms with van der Waals surface area (Å²) in [5, 5.41) is -0.0937. The molecule has 122 valence electrons. The minimum Gasteiger partial charge on any atom is -0.479 e. The van der Waals surface area contributed by atoms with Crippen LogP contribution in [0, 0.1) is 12.3 Å². The molecule has 1 aliphatic heterocycles. The van der Waals surface area contributed by atoms with Crippen molar-refractivity contribution in [3.05, 3.63) is 28.8 Å². The summed E-state index contributed by atoms with van der Waals surface area (Å²) in [5.74, 6) is 2.78. The number of imide groups is 1. The Balaban J connectivity index is 2.02. The third-order valence-corrected chi connectivity index (χ3v) is 4.84. The topological polar surface area (TPSA) is 46.6 Å². The molecule has 0 radical (unpaired) electrons. The number of terminal acetylenes is 1. The van der Waals surface area contributed by atoms with Gasteiger partial charge in [0, 0.05) is 6.54 Å². The molecule has 0 aliphatic carbocycles. The average Bonchev–Trinajstić information content (AvgIpc) is 2.78. The highest BCUT2D eigenvalue weighted by Crippen LogP contribution is 2.32. The Morgan fingerprint density at radius 1 is 1.43 bits per heavy atom. The van der Waals surface area contributed by atoms with Crippen LogP contribution in [0.25, 0.3) is 0 Å². The lowest BCUT2D eigenvalue weighted by molar-refractivity contribution is -0.126. The Kier molecular flexibility index (Phi) is 6.37. The van der Waals surface area contributed by atoms with Gasteiger partial charge in [-0.15, -0.1) is 6.42 Å². The maximum absolute atomic E-state index is 12.3. The lowest BCUT2D eigenvalue weighted by Gasteiger charge is -2.13. The molecule has 1 heterocycles. The average molecular weight is 352 g/mol. The van der Waals surface area contributed by atoms with Crippen LogP contribution in [0.4, 0.5) is 4.79 Å². The highest BCUT2D eigenvalue weighted by molar-refractivity contribution is 8.15. The zero-order valence-electron chi connectivity index (χ0n) is 12.9. The second-order valence-electron chi connectivity index (χ2n) is 5.18. The van der Waals surface area contributed by atoms with Crippen LogP contribution in [0.15, 0.2) is 18.2 Å². The van der Waals surface area contributed by atoms with E-state index in [1.54, 1.807) is 12.1 Å². The Bertz CT molecular complexity index is 641. The SMILES string of the molecule is C#CCOc1ccc(C[C@@H]2SC(=O)N(CCCC)C2=O)cc1Cl. The van der Waals surface area contributed by atoms with Crippen LogP contribution < -0.4 is 4.74 Å². The van der Waals surface area contributed by atoms with Crippen LogP contribution in [-0.2, 0) is 11.2 Å². The summed E-state index contributed by atoms with van der Waals surface area (Å²) in [6.07, 6.45) is 7.39. The molecule has 0 bridgehead atoms. The zero-order chi connectivity index (χ0) is 16.8. The van der Waals surface area contributed by atoms with Crippen molar-refractivity contribution in [2.24, 2.45) is 0 Å². The maximum atomic E-state index is 12.3. The van der Waals surface area contributed by atoms with E-state index in [0.717, 1.165) is 30.2 Å². The van der Waals surface area contributed by atoms with Crippen LogP contribution in [0.3, 0.4) is 0 Å². The largest absolute Gasteiger partial charge is 0.479 e. The number of thioether (sulfide) groups is 1. The predicted molar refractivity (Wildman–Crippen MR) is 92.9 cm³/mol. The van der Waals surface area contributed by atoms with Gasteiger partial charge in [0.1, 0.15) is 12.4 Å². The zero-order valence-corrected chi connectivity index (χ0v) is 14.5. The summed E-state index contributed by atoms with van der Waals surface area (Å²) in [7, 11) is 0. The second kappa shape index (κ2) is 8.28. The fourth-order valence-corrected chi connectivity index (χ4v) is 3.58. The molecule has 1 atom stereocenters. The number of carbonyl (C=O) groups is 2. The Labute approximate surface area is 145 Å². The monoisotopic (exact) mass is 351 g/mol. The molecule has 0 unspecified atom stereocenters. The van der Waals surface area contributed by atoms with Crippen molar-refractivity contribution in [3.8, 4) is 18.1 Å². The standard InChI is InChI=1S/C17H18ClNO3S/c1-3-5-8-19-16(20)15(23-17(19)21)11-12-6-7-14(13(18)10-12)22-9-4-2/h2,6-7,10,15H,3,5,8-9,11H2,1H3/t15-/m0/s1. The number of nitrogens with zero attached hydrogens (tertiary/aromatic N) is 1. The first-order chi connectivity index (χ1) is 11.1. The number of rotatable bonds is 7. The molecule has 1 fully saturated rings. The predicted octanol–water partition coefficient (Wildman–Crippen LogP) is 3.76. The molecule has 2 rings (SSSR count). The number of hydrogen-bond acceptors (Lipinski definition) is 4. The fraction of sp³-hybridized carbons (Fsp3) is 0.412. The highest BCUT2D eigenvalue weighted by Gasteiger charge is 2.38. The Morgan fingerprint density at radius 3 is 2.87 bits per heavy atom. The van der Waals surface area contributed by atoms with Gasteiger partial charge < -0.3 is 4.74 Å². The first-order valence-electron chi connectivity index (χ1n) is 7.43. The van der Waals surface area contributed by atoms with Gasteiger partial charge in [-0.3, -0.25) is 14.5 Å². The van der Waals surface area contributed by atoms with Gasteiger partial charge in [0.2, 0.25) is 5.91 Å². The number of halogens is 1. The molecule has 1 aromatic carbocycles. The molecule has 4 nitrogen and oxygen atoms in total. The lowest BCUT2D eigenvalue weighted by atomic mass is 10.1. The number of ether oxygens (including phenoxy) is 1. The van der Waals surface area contributed by atoms with Crippen LogP contribution in [0.1, 0.15) is 25.3 Å². The van der Waals surface area contributed by atoms with Crippen molar-refractivity contribution < 1.29 is 14.3 Å². The van der Waals surface area contributed by atoms with Crippen LogP contribution in [-0.4, -0.2) is 34.4 Å². The van der Waals surface area contributed by atoms with E-state index in [-0.39, 0.29) is 23.0 Å². The smallest absolute Gasteiger partial charge is 0.289 e. The normalized spacial score (nSPS) is 17.4. The van der Waals surface area contributed by atoms with E-state index in [9.17, 15) is 9.59 Å². The fourth-order valence-electron chi connectivity index (χ4n) is 2.27. The molecule has 0 N–H and O–H groups in total. The summed E-state index contributed by atoms with van der Waals surface area (Å²) in [6, 6.07) is 5.32. The minimum atomic E-state index is -0.382. The van der Waals surface area contributed by atoms with E-state index in [0.29, 0.717) is 23.7 Å². The minimum absolute atomic E-state index is 0.114. The number of benzene rings is 1. The van der Waals surface area contributed by atoms with Gasteiger partial charge in [-0.1, -0.05) is 48.7 Å². The van der Waals surface area contributed by atoms with Crippen molar-refractivity contribution in [2.45, 2.75) is 31.4 Å². The van der Waals surface area contributed by atoms with Crippen molar-refractivity contribution in [2.75, 3.05) is 13.2 Å². The van der Waals surface area contributed by atoms with Gasteiger partial charge in [-0.2, -0.15) is 0 Å². The van der Waals surface area contributed by atoms with E-state index < -0.39 is 0 Å². The molecule has 1 aromatic rings. The van der Waals surface area contributed by atoms with Crippen molar-refractivity contribution in [3.63, 3.8) is 0 Å². The number of unbranched alkanes of at least 4 members (excludes halogenated alkanes) is 1. The van der Waals surface area contributed by atoms with Crippen molar-refractivity contribution in [1.29, 1.82) is 0 Å². The van der Waals surface area contributed by atoms with E-state index in [2.05, 4.69) is 5.92 Å². The van der Waals surface area contributed by atoms with Gasteiger partial charge in [0.25, 0.3) is 5.24 Å². The van der Waals surface area contributed by atoms with Gasteiger partial charge in [0.05, 0.1) is 10.3 Å². The molecule has 0 aromatic heterocycles. The van der Waals surface area contributed by atoms with Crippen molar-refractivity contribution >= 4 is 34.5 Å². The third-order valence-electron chi connectivity index (χ3n) is 3.47. The summed E-state index contributed by atoms with van der Waals surface area (Å²) in [6.45, 7) is 2.68. The number of hydrogen-bond donors (Lipinski definition) is 0. The molecule has 0 saturated carbocycles. The van der Waals surface area contributed by atoms with Crippen LogP contribution >= 0.6 is 23.4 Å². The molecule has 0 spiro atoms. The van der Waals surface area contributed by atoms with Gasteiger partial charge in [0.15, 0.2) is 0 Å². The first-order valence-corrected chi connectivity index (χ1v) is 8.69.